The van der Waals surface area contributed by atoms with Crippen LogP contribution in [0.1, 0.15) is 64.2 Å². The van der Waals surface area contributed by atoms with Crippen LogP contribution in [-0.4, -0.2) is 24.0 Å². The number of carbonyl (C=O) groups is 1. The van der Waals surface area contributed by atoms with Gasteiger partial charge in [-0.2, -0.15) is 0 Å². The van der Waals surface area contributed by atoms with Gasteiger partial charge >= 0.3 is 0 Å². The fourth-order valence-corrected chi connectivity index (χ4v) is 3.88. The minimum absolute atomic E-state index is 0.333. The van der Waals surface area contributed by atoms with E-state index in [0.29, 0.717) is 23.4 Å². The lowest BCUT2D eigenvalue weighted by molar-refractivity contribution is -0.128. The summed E-state index contributed by atoms with van der Waals surface area (Å²) in [6, 6.07) is 0.428. The van der Waals surface area contributed by atoms with E-state index >= 15 is 0 Å². The van der Waals surface area contributed by atoms with E-state index in [1.165, 1.54) is 38.5 Å². The topological polar surface area (TPSA) is 41.1 Å². The third-order valence-electron chi connectivity index (χ3n) is 5.26. The van der Waals surface area contributed by atoms with Crippen molar-refractivity contribution >= 4 is 5.91 Å². The Bertz CT molecular complexity index is 300. The smallest absolute Gasteiger partial charge is 0.223 e. The first-order valence-corrected chi connectivity index (χ1v) is 7.83. The highest BCUT2D eigenvalue weighted by atomic mass is 16.2. The standard InChI is InChI=1S/C15H26N2O/c18-14(12-5-4-6-12)17-13-7-10-16-15(11-13)8-2-1-3-9-15/h12-13,16H,1-11H2,(H,17,18). The fourth-order valence-electron chi connectivity index (χ4n) is 3.88. The van der Waals surface area contributed by atoms with Gasteiger partial charge in [0.2, 0.25) is 5.91 Å². The quantitative estimate of drug-likeness (QED) is 0.790. The van der Waals surface area contributed by atoms with Crippen LogP contribution in [0.4, 0.5) is 0 Å². The van der Waals surface area contributed by atoms with Gasteiger partial charge in [-0.25, -0.2) is 0 Å². The summed E-state index contributed by atoms with van der Waals surface area (Å²) in [7, 11) is 0. The van der Waals surface area contributed by atoms with Crippen molar-refractivity contribution < 1.29 is 4.79 Å². The van der Waals surface area contributed by atoms with E-state index in [-0.39, 0.29) is 0 Å². The Labute approximate surface area is 110 Å². The molecule has 2 N–H and O–H groups in total. The van der Waals surface area contributed by atoms with Crippen molar-refractivity contribution in [3.8, 4) is 0 Å². The fraction of sp³-hybridized carbons (Fsp3) is 0.933. The molecule has 1 heterocycles. The largest absolute Gasteiger partial charge is 0.353 e. The minimum Gasteiger partial charge on any atom is -0.353 e. The minimum atomic E-state index is 0.333. The molecule has 3 aliphatic rings. The SMILES string of the molecule is O=C(NC1CCNC2(CCCCC2)C1)C1CCC1. The molecule has 18 heavy (non-hydrogen) atoms. The summed E-state index contributed by atoms with van der Waals surface area (Å²) in [5, 5.41) is 7.06. The Morgan fingerprint density at radius 2 is 1.83 bits per heavy atom. The molecule has 1 spiro atoms. The van der Waals surface area contributed by atoms with Crippen molar-refractivity contribution in [2.45, 2.75) is 75.8 Å². The Morgan fingerprint density at radius 3 is 2.50 bits per heavy atom. The Balaban J connectivity index is 1.54. The first-order chi connectivity index (χ1) is 8.77. The van der Waals surface area contributed by atoms with Crippen LogP contribution in [0, 0.1) is 5.92 Å². The van der Waals surface area contributed by atoms with Gasteiger partial charge in [0.25, 0.3) is 0 Å². The van der Waals surface area contributed by atoms with E-state index in [2.05, 4.69) is 10.6 Å². The molecule has 3 rings (SSSR count). The van der Waals surface area contributed by atoms with Gasteiger partial charge in [0, 0.05) is 17.5 Å². The van der Waals surface area contributed by atoms with Crippen LogP contribution < -0.4 is 10.6 Å². The maximum Gasteiger partial charge on any atom is 0.223 e. The van der Waals surface area contributed by atoms with E-state index in [1.807, 2.05) is 0 Å². The van der Waals surface area contributed by atoms with Gasteiger partial charge in [0.15, 0.2) is 0 Å². The van der Waals surface area contributed by atoms with Crippen LogP contribution in [-0.2, 0) is 4.79 Å². The molecule has 0 radical (unpaired) electrons. The van der Waals surface area contributed by atoms with Gasteiger partial charge in [-0.05, 0) is 45.1 Å². The van der Waals surface area contributed by atoms with E-state index in [9.17, 15) is 4.79 Å². The van der Waals surface area contributed by atoms with Gasteiger partial charge in [-0.15, -0.1) is 0 Å². The highest BCUT2D eigenvalue weighted by molar-refractivity contribution is 5.79. The van der Waals surface area contributed by atoms with E-state index in [1.54, 1.807) is 0 Å². The molecule has 3 nitrogen and oxygen atoms in total. The average molecular weight is 250 g/mol. The van der Waals surface area contributed by atoms with Crippen molar-refractivity contribution in [3.63, 3.8) is 0 Å². The molecule has 3 fully saturated rings. The third kappa shape index (κ3) is 2.56. The summed E-state index contributed by atoms with van der Waals surface area (Å²) >= 11 is 0. The van der Waals surface area contributed by atoms with Crippen molar-refractivity contribution in [1.29, 1.82) is 0 Å². The maximum atomic E-state index is 12.0. The number of nitrogens with one attached hydrogen (secondary N) is 2. The summed E-state index contributed by atoms with van der Waals surface area (Å²) in [5.74, 6) is 0.668. The monoisotopic (exact) mass is 250 g/mol. The van der Waals surface area contributed by atoms with E-state index in [0.717, 1.165) is 32.2 Å². The lowest BCUT2D eigenvalue weighted by Crippen LogP contribution is -2.57. The number of carbonyl (C=O) groups excluding carboxylic acids is 1. The molecule has 1 amide bonds. The zero-order valence-electron chi connectivity index (χ0n) is 11.3. The van der Waals surface area contributed by atoms with Crippen LogP contribution in [0.2, 0.25) is 0 Å². The highest BCUT2D eigenvalue weighted by Crippen LogP contribution is 2.35. The van der Waals surface area contributed by atoms with Crippen LogP contribution in [0.5, 0.6) is 0 Å². The third-order valence-corrected chi connectivity index (χ3v) is 5.26. The molecule has 1 aliphatic heterocycles. The molecule has 0 bridgehead atoms. The second-order valence-electron chi connectivity index (χ2n) is 6.59. The predicted octanol–water partition coefficient (Wildman–Crippen LogP) is 2.36. The summed E-state index contributed by atoms with van der Waals surface area (Å²) in [5.41, 5.74) is 0.355. The number of hydrogen-bond donors (Lipinski definition) is 2. The second kappa shape index (κ2) is 5.20. The molecule has 0 aromatic carbocycles. The molecule has 0 aromatic heterocycles. The lowest BCUT2D eigenvalue weighted by atomic mass is 9.74. The first-order valence-electron chi connectivity index (χ1n) is 7.83. The molecule has 0 aromatic rings. The molecule has 1 saturated heterocycles. The van der Waals surface area contributed by atoms with Crippen LogP contribution >= 0.6 is 0 Å². The van der Waals surface area contributed by atoms with Crippen molar-refractivity contribution in [3.05, 3.63) is 0 Å². The Morgan fingerprint density at radius 1 is 1.06 bits per heavy atom. The summed E-state index contributed by atoms with van der Waals surface area (Å²) < 4.78 is 0. The number of piperidine rings is 1. The van der Waals surface area contributed by atoms with Gasteiger partial charge < -0.3 is 10.6 Å². The van der Waals surface area contributed by atoms with Crippen LogP contribution in [0.15, 0.2) is 0 Å². The summed E-state index contributed by atoms with van der Waals surface area (Å²) in [6.45, 7) is 1.08. The van der Waals surface area contributed by atoms with Gasteiger partial charge in [0.05, 0.1) is 0 Å². The molecule has 2 saturated carbocycles. The molecule has 1 unspecified atom stereocenters. The Kier molecular flexibility index (Phi) is 3.60. The Hall–Kier alpha value is -0.570. The van der Waals surface area contributed by atoms with Crippen molar-refractivity contribution in [2.75, 3.05) is 6.54 Å². The average Bonchev–Trinajstić information content (AvgIpc) is 2.27. The highest BCUT2D eigenvalue weighted by Gasteiger charge is 2.38. The zero-order valence-corrected chi connectivity index (χ0v) is 11.3. The molecule has 102 valence electrons. The molecule has 3 heteroatoms. The van der Waals surface area contributed by atoms with E-state index < -0.39 is 0 Å². The first kappa shape index (κ1) is 12.5. The van der Waals surface area contributed by atoms with Gasteiger partial charge in [0.1, 0.15) is 0 Å². The maximum absolute atomic E-state index is 12.0. The molecule has 2 aliphatic carbocycles. The molecular weight excluding hydrogens is 224 g/mol. The van der Waals surface area contributed by atoms with Gasteiger partial charge in [-0.3, -0.25) is 4.79 Å². The van der Waals surface area contributed by atoms with Crippen molar-refractivity contribution in [2.24, 2.45) is 5.92 Å². The van der Waals surface area contributed by atoms with Gasteiger partial charge in [-0.1, -0.05) is 25.7 Å². The second-order valence-corrected chi connectivity index (χ2v) is 6.59. The van der Waals surface area contributed by atoms with Crippen LogP contribution in [0.25, 0.3) is 0 Å². The van der Waals surface area contributed by atoms with Crippen molar-refractivity contribution in [1.82, 2.24) is 10.6 Å². The summed E-state index contributed by atoms with van der Waals surface area (Å²) in [4.78, 5) is 12.0. The zero-order chi connectivity index (χ0) is 12.4. The normalized spacial score (nSPS) is 31.9. The lowest BCUT2D eigenvalue weighted by Gasteiger charge is -2.45. The number of amides is 1. The number of rotatable bonds is 2. The van der Waals surface area contributed by atoms with Crippen LogP contribution in [0.3, 0.4) is 0 Å². The molecule has 1 atom stereocenters. The predicted molar refractivity (Wildman–Crippen MR) is 72.3 cm³/mol. The molecular formula is C15H26N2O. The summed E-state index contributed by atoms with van der Waals surface area (Å²) in [6.07, 6.45) is 12.5. The number of hydrogen-bond acceptors (Lipinski definition) is 2. The van der Waals surface area contributed by atoms with E-state index in [4.69, 9.17) is 0 Å².